The zero-order valence-electron chi connectivity index (χ0n) is 8.60. The minimum Gasteiger partial charge on any atom is -0.368 e. The number of rotatable bonds is 4. The number of hydrogen-bond acceptors (Lipinski definition) is 4. The summed E-state index contributed by atoms with van der Waals surface area (Å²) in [6.07, 6.45) is 1.30. The molecule has 0 spiro atoms. The van der Waals surface area contributed by atoms with Gasteiger partial charge in [-0.3, -0.25) is 9.59 Å². The first-order valence-corrected chi connectivity index (χ1v) is 4.47. The average molecular weight is 211 g/mol. The molecule has 1 rings (SSSR count). The van der Waals surface area contributed by atoms with Gasteiger partial charge in [0.2, 0.25) is 5.91 Å². The molecule has 7 nitrogen and oxygen atoms in total. The molecule has 15 heavy (non-hydrogen) atoms. The van der Waals surface area contributed by atoms with Crippen molar-refractivity contribution in [2.75, 3.05) is 6.54 Å². The number of aromatic amines is 1. The Hall–Kier alpha value is -1.92. The van der Waals surface area contributed by atoms with E-state index in [0.29, 0.717) is 0 Å². The molecule has 2 amide bonds. The average Bonchev–Trinajstić information content (AvgIpc) is 2.65. The van der Waals surface area contributed by atoms with Crippen LogP contribution in [-0.2, 0) is 4.79 Å². The van der Waals surface area contributed by atoms with E-state index >= 15 is 0 Å². The van der Waals surface area contributed by atoms with E-state index < -0.39 is 5.91 Å². The van der Waals surface area contributed by atoms with Crippen LogP contribution in [0.5, 0.6) is 0 Å². The quantitative estimate of drug-likeness (QED) is 0.676. The molecule has 82 valence electrons. The maximum atomic E-state index is 11.8. The molecule has 0 aliphatic carbocycles. The second-order valence-electron chi connectivity index (χ2n) is 3.35. The smallest absolute Gasteiger partial charge is 0.276 e. The molecular formula is C8H13N5O2. The van der Waals surface area contributed by atoms with Gasteiger partial charge in [0.25, 0.3) is 5.91 Å². The molecule has 0 saturated carbocycles. The van der Waals surface area contributed by atoms with E-state index in [0.717, 1.165) is 0 Å². The second-order valence-corrected chi connectivity index (χ2v) is 3.35. The maximum absolute atomic E-state index is 11.8. The molecule has 0 bridgehead atoms. The van der Waals surface area contributed by atoms with Gasteiger partial charge in [-0.25, -0.2) is 0 Å². The van der Waals surface area contributed by atoms with E-state index in [4.69, 9.17) is 5.73 Å². The number of primary amides is 1. The highest BCUT2D eigenvalue weighted by atomic mass is 16.2. The second kappa shape index (κ2) is 4.54. The molecule has 1 aromatic heterocycles. The van der Waals surface area contributed by atoms with Gasteiger partial charge in [0.05, 0.1) is 12.7 Å². The molecule has 1 aromatic rings. The normalized spacial score (nSPS) is 10.3. The van der Waals surface area contributed by atoms with Gasteiger partial charge < -0.3 is 10.6 Å². The summed E-state index contributed by atoms with van der Waals surface area (Å²) in [7, 11) is 0. The molecule has 0 saturated heterocycles. The Morgan fingerprint density at radius 3 is 2.67 bits per heavy atom. The summed E-state index contributed by atoms with van der Waals surface area (Å²) in [5.74, 6) is -0.918. The van der Waals surface area contributed by atoms with Crippen LogP contribution >= 0.6 is 0 Å². The monoisotopic (exact) mass is 211 g/mol. The van der Waals surface area contributed by atoms with Crippen LogP contribution in [0.2, 0.25) is 0 Å². The van der Waals surface area contributed by atoms with Crippen molar-refractivity contribution in [1.29, 1.82) is 0 Å². The van der Waals surface area contributed by atoms with Crippen molar-refractivity contribution in [2.24, 2.45) is 5.73 Å². The summed E-state index contributed by atoms with van der Waals surface area (Å²) in [4.78, 5) is 23.9. The molecule has 0 radical (unpaired) electrons. The van der Waals surface area contributed by atoms with Gasteiger partial charge in [-0.1, -0.05) is 0 Å². The van der Waals surface area contributed by atoms with E-state index in [1.54, 1.807) is 13.8 Å². The number of H-pyrrole nitrogens is 1. The van der Waals surface area contributed by atoms with Crippen molar-refractivity contribution >= 4 is 11.8 Å². The summed E-state index contributed by atoms with van der Waals surface area (Å²) in [5.41, 5.74) is 5.22. The molecule has 0 aromatic carbocycles. The number of aromatic nitrogens is 3. The summed E-state index contributed by atoms with van der Waals surface area (Å²) >= 11 is 0. The van der Waals surface area contributed by atoms with E-state index in [2.05, 4.69) is 15.4 Å². The minimum atomic E-state index is -0.555. The van der Waals surface area contributed by atoms with E-state index in [1.807, 2.05) is 0 Å². The Morgan fingerprint density at radius 2 is 2.27 bits per heavy atom. The van der Waals surface area contributed by atoms with Crippen molar-refractivity contribution in [2.45, 2.75) is 19.9 Å². The SMILES string of the molecule is CC(C)N(CC(N)=O)C(=O)c1cn[nH]n1. The van der Waals surface area contributed by atoms with Crippen molar-refractivity contribution in [1.82, 2.24) is 20.3 Å². The van der Waals surface area contributed by atoms with Crippen molar-refractivity contribution < 1.29 is 9.59 Å². The van der Waals surface area contributed by atoms with E-state index in [1.165, 1.54) is 11.1 Å². The molecular weight excluding hydrogens is 198 g/mol. The Morgan fingerprint density at radius 1 is 1.60 bits per heavy atom. The molecule has 1 heterocycles. The Balaban J connectivity index is 2.81. The fraction of sp³-hybridized carbons (Fsp3) is 0.500. The van der Waals surface area contributed by atoms with Crippen LogP contribution in [0.15, 0.2) is 6.20 Å². The zero-order chi connectivity index (χ0) is 11.4. The van der Waals surface area contributed by atoms with Gasteiger partial charge in [0.15, 0.2) is 5.69 Å². The Labute approximate surface area is 86.6 Å². The molecule has 3 N–H and O–H groups in total. The predicted octanol–water partition coefficient (Wildman–Crippen LogP) is -0.859. The third-order valence-electron chi connectivity index (χ3n) is 1.84. The molecule has 0 fully saturated rings. The van der Waals surface area contributed by atoms with Crippen molar-refractivity contribution in [3.8, 4) is 0 Å². The lowest BCUT2D eigenvalue weighted by Crippen LogP contribution is -2.42. The lowest BCUT2D eigenvalue weighted by atomic mass is 10.2. The van der Waals surface area contributed by atoms with Gasteiger partial charge >= 0.3 is 0 Å². The van der Waals surface area contributed by atoms with Gasteiger partial charge in [-0.15, -0.1) is 0 Å². The largest absolute Gasteiger partial charge is 0.368 e. The van der Waals surface area contributed by atoms with Crippen LogP contribution in [0.1, 0.15) is 24.3 Å². The third kappa shape index (κ3) is 2.76. The molecule has 0 aliphatic heterocycles. The molecule has 7 heteroatoms. The number of nitrogens with one attached hydrogen (secondary N) is 1. The van der Waals surface area contributed by atoms with Crippen LogP contribution in [0, 0.1) is 0 Å². The standard InChI is InChI=1S/C8H13N5O2/c1-5(2)13(4-7(9)14)8(15)6-3-10-12-11-6/h3,5H,4H2,1-2H3,(H2,9,14)(H,10,11,12). The Bertz CT molecular complexity index is 346. The lowest BCUT2D eigenvalue weighted by molar-refractivity contribution is -0.119. The van der Waals surface area contributed by atoms with E-state index in [-0.39, 0.29) is 24.2 Å². The van der Waals surface area contributed by atoms with Crippen LogP contribution in [-0.4, -0.2) is 44.7 Å². The predicted molar refractivity (Wildman–Crippen MR) is 51.7 cm³/mol. The van der Waals surface area contributed by atoms with Crippen LogP contribution < -0.4 is 5.73 Å². The highest BCUT2D eigenvalue weighted by Gasteiger charge is 2.22. The first-order valence-electron chi connectivity index (χ1n) is 4.47. The number of carbonyl (C=O) groups excluding carboxylic acids is 2. The molecule has 0 atom stereocenters. The van der Waals surface area contributed by atoms with Crippen LogP contribution in [0.4, 0.5) is 0 Å². The number of nitrogens with two attached hydrogens (primary N) is 1. The van der Waals surface area contributed by atoms with Gasteiger partial charge in [0.1, 0.15) is 0 Å². The summed E-state index contributed by atoms with van der Waals surface area (Å²) in [6.45, 7) is 3.46. The third-order valence-corrected chi connectivity index (χ3v) is 1.84. The van der Waals surface area contributed by atoms with Crippen molar-refractivity contribution in [3.05, 3.63) is 11.9 Å². The fourth-order valence-electron chi connectivity index (χ4n) is 1.11. The number of nitrogens with zero attached hydrogens (tertiary/aromatic N) is 3. The van der Waals surface area contributed by atoms with Gasteiger partial charge in [-0.05, 0) is 13.8 Å². The topological polar surface area (TPSA) is 105 Å². The lowest BCUT2D eigenvalue weighted by Gasteiger charge is -2.23. The first-order chi connectivity index (χ1) is 7.02. The fourth-order valence-corrected chi connectivity index (χ4v) is 1.11. The first kappa shape index (κ1) is 11.2. The van der Waals surface area contributed by atoms with E-state index in [9.17, 15) is 9.59 Å². The summed E-state index contributed by atoms with van der Waals surface area (Å²) < 4.78 is 0. The number of hydrogen-bond donors (Lipinski definition) is 2. The van der Waals surface area contributed by atoms with Crippen molar-refractivity contribution in [3.63, 3.8) is 0 Å². The molecule has 0 aliphatic rings. The number of amides is 2. The maximum Gasteiger partial charge on any atom is 0.276 e. The highest BCUT2D eigenvalue weighted by Crippen LogP contribution is 2.04. The summed E-state index contributed by atoms with van der Waals surface area (Å²) in [5, 5.41) is 9.51. The zero-order valence-corrected chi connectivity index (χ0v) is 8.60. The minimum absolute atomic E-state index is 0.122. The highest BCUT2D eigenvalue weighted by molar-refractivity contribution is 5.94. The Kier molecular flexibility index (Phi) is 3.37. The van der Waals surface area contributed by atoms with Crippen LogP contribution in [0.3, 0.4) is 0 Å². The van der Waals surface area contributed by atoms with Gasteiger partial charge in [0, 0.05) is 6.04 Å². The molecule has 0 unspecified atom stereocenters. The number of carbonyl (C=O) groups is 2. The summed E-state index contributed by atoms with van der Waals surface area (Å²) in [6, 6.07) is -0.123. The van der Waals surface area contributed by atoms with Crippen LogP contribution in [0.25, 0.3) is 0 Å². The van der Waals surface area contributed by atoms with Gasteiger partial charge in [-0.2, -0.15) is 15.4 Å².